The smallest absolute Gasteiger partial charge is 0.329 e. The molecule has 0 radical (unpaired) electrons. The zero-order valence-corrected chi connectivity index (χ0v) is 15.6. The summed E-state index contributed by atoms with van der Waals surface area (Å²) in [7, 11) is 0. The fourth-order valence-electron chi connectivity index (χ4n) is 1.81. The van der Waals surface area contributed by atoms with Crippen LogP contribution in [0, 0.1) is 0 Å². The van der Waals surface area contributed by atoms with E-state index >= 15 is 0 Å². The van der Waals surface area contributed by atoms with Gasteiger partial charge in [-0.2, -0.15) is 5.10 Å². The first-order valence-electron chi connectivity index (χ1n) is 8.12. The van der Waals surface area contributed by atoms with Gasteiger partial charge in [-0.25, -0.2) is 5.43 Å². The van der Waals surface area contributed by atoms with Gasteiger partial charge in [0.15, 0.2) is 11.5 Å². The molecule has 7 nitrogen and oxygen atoms in total. The van der Waals surface area contributed by atoms with E-state index in [0.29, 0.717) is 35.3 Å². The molecule has 0 aliphatic carbocycles. The van der Waals surface area contributed by atoms with Crippen LogP contribution in [-0.2, 0) is 9.59 Å². The Morgan fingerprint density at radius 2 is 1.96 bits per heavy atom. The van der Waals surface area contributed by atoms with Crippen LogP contribution in [0.5, 0.6) is 11.5 Å². The van der Waals surface area contributed by atoms with Crippen LogP contribution in [0.1, 0.15) is 39.7 Å². The van der Waals surface area contributed by atoms with Crippen molar-refractivity contribution >= 4 is 29.6 Å². The molecule has 1 rings (SSSR count). The highest BCUT2D eigenvalue weighted by Crippen LogP contribution is 2.36. The van der Waals surface area contributed by atoms with Crippen LogP contribution >= 0.6 is 11.6 Å². The standard InChI is InChI=1S/C17H24ClN3O4/c1-5-7-25-15-13(18)8-12(9-14(15)24-6-2)10-19-21-17(23)16(22)20-11(3)4/h8-11H,5-7H2,1-4H3,(H,20,22)(H,21,23)/b19-10-. The number of carbonyl (C=O) groups excluding carboxylic acids is 2. The highest BCUT2D eigenvalue weighted by Gasteiger charge is 2.14. The Morgan fingerprint density at radius 3 is 2.56 bits per heavy atom. The number of hydrazone groups is 1. The first kappa shape index (κ1) is 20.8. The van der Waals surface area contributed by atoms with Gasteiger partial charge in [0.2, 0.25) is 0 Å². The van der Waals surface area contributed by atoms with Crippen molar-refractivity contribution in [2.24, 2.45) is 5.10 Å². The van der Waals surface area contributed by atoms with Gasteiger partial charge in [0.1, 0.15) is 0 Å². The summed E-state index contributed by atoms with van der Waals surface area (Å²) >= 11 is 6.24. The minimum atomic E-state index is -0.844. The van der Waals surface area contributed by atoms with Gasteiger partial charge in [-0.15, -0.1) is 0 Å². The molecule has 138 valence electrons. The maximum atomic E-state index is 11.6. The van der Waals surface area contributed by atoms with E-state index in [1.807, 2.05) is 13.8 Å². The van der Waals surface area contributed by atoms with Gasteiger partial charge < -0.3 is 14.8 Å². The molecule has 0 aromatic heterocycles. The molecule has 0 saturated carbocycles. The molecule has 2 N–H and O–H groups in total. The molecule has 2 amide bonds. The summed E-state index contributed by atoms with van der Waals surface area (Å²) in [5, 5.41) is 6.61. The van der Waals surface area contributed by atoms with Crippen molar-refractivity contribution in [1.82, 2.24) is 10.7 Å². The van der Waals surface area contributed by atoms with Gasteiger partial charge in [0.05, 0.1) is 24.5 Å². The second kappa shape index (κ2) is 10.6. The molecule has 0 heterocycles. The average Bonchev–Trinajstić information content (AvgIpc) is 2.53. The van der Waals surface area contributed by atoms with Crippen LogP contribution < -0.4 is 20.2 Å². The van der Waals surface area contributed by atoms with E-state index in [0.717, 1.165) is 6.42 Å². The molecule has 0 unspecified atom stereocenters. The molecule has 0 aliphatic heterocycles. The number of hydrogen-bond acceptors (Lipinski definition) is 5. The summed E-state index contributed by atoms with van der Waals surface area (Å²) < 4.78 is 11.2. The Bertz CT molecular complexity index is 633. The Balaban J connectivity index is 2.84. The van der Waals surface area contributed by atoms with Crippen molar-refractivity contribution in [1.29, 1.82) is 0 Å². The zero-order chi connectivity index (χ0) is 18.8. The molecular weight excluding hydrogens is 346 g/mol. The Kier molecular flexibility index (Phi) is 8.77. The Labute approximate surface area is 152 Å². The topological polar surface area (TPSA) is 89.0 Å². The monoisotopic (exact) mass is 369 g/mol. The summed E-state index contributed by atoms with van der Waals surface area (Å²) in [6.45, 7) is 8.33. The fourth-order valence-corrected chi connectivity index (χ4v) is 2.09. The minimum Gasteiger partial charge on any atom is -0.490 e. The van der Waals surface area contributed by atoms with Crippen molar-refractivity contribution in [3.63, 3.8) is 0 Å². The van der Waals surface area contributed by atoms with E-state index in [9.17, 15) is 9.59 Å². The Morgan fingerprint density at radius 1 is 1.24 bits per heavy atom. The van der Waals surface area contributed by atoms with Crippen LogP contribution in [0.4, 0.5) is 0 Å². The molecule has 0 fully saturated rings. The molecule has 0 bridgehead atoms. The average molecular weight is 370 g/mol. The van der Waals surface area contributed by atoms with Crippen LogP contribution in [0.3, 0.4) is 0 Å². The largest absolute Gasteiger partial charge is 0.490 e. The van der Waals surface area contributed by atoms with Crippen LogP contribution in [0.25, 0.3) is 0 Å². The highest BCUT2D eigenvalue weighted by atomic mass is 35.5. The van der Waals surface area contributed by atoms with Gasteiger partial charge in [0.25, 0.3) is 0 Å². The molecule has 1 aromatic carbocycles. The summed E-state index contributed by atoms with van der Waals surface area (Å²) in [4.78, 5) is 23.0. The number of nitrogens with one attached hydrogen (secondary N) is 2. The lowest BCUT2D eigenvalue weighted by atomic mass is 10.2. The summed E-state index contributed by atoms with van der Waals surface area (Å²) in [5.41, 5.74) is 2.76. The predicted octanol–water partition coefficient (Wildman–Crippen LogP) is 2.50. The number of benzene rings is 1. The van der Waals surface area contributed by atoms with Gasteiger partial charge in [0, 0.05) is 6.04 Å². The number of amides is 2. The number of rotatable bonds is 8. The van der Waals surface area contributed by atoms with E-state index in [1.165, 1.54) is 6.21 Å². The van der Waals surface area contributed by atoms with E-state index in [1.54, 1.807) is 26.0 Å². The van der Waals surface area contributed by atoms with Gasteiger partial charge >= 0.3 is 11.8 Å². The second-order valence-electron chi connectivity index (χ2n) is 5.44. The Hall–Kier alpha value is -2.28. The lowest BCUT2D eigenvalue weighted by Gasteiger charge is -2.13. The number of hydrogen-bond donors (Lipinski definition) is 2. The van der Waals surface area contributed by atoms with E-state index in [-0.39, 0.29) is 6.04 Å². The lowest BCUT2D eigenvalue weighted by Crippen LogP contribution is -2.41. The van der Waals surface area contributed by atoms with E-state index in [4.69, 9.17) is 21.1 Å². The maximum Gasteiger partial charge on any atom is 0.329 e. The fraction of sp³-hybridized carbons (Fsp3) is 0.471. The third-order valence-electron chi connectivity index (χ3n) is 2.79. The van der Waals surface area contributed by atoms with E-state index < -0.39 is 11.8 Å². The molecule has 1 aromatic rings. The first-order valence-corrected chi connectivity index (χ1v) is 8.49. The first-order chi connectivity index (χ1) is 11.9. The van der Waals surface area contributed by atoms with Crippen LogP contribution in [-0.4, -0.2) is 37.3 Å². The highest BCUT2D eigenvalue weighted by molar-refractivity contribution is 6.35. The van der Waals surface area contributed by atoms with Gasteiger partial charge in [-0.05, 0) is 44.9 Å². The molecule has 0 aliphatic rings. The molecule has 0 atom stereocenters. The molecular formula is C17H24ClN3O4. The predicted molar refractivity (Wildman–Crippen MR) is 97.4 cm³/mol. The van der Waals surface area contributed by atoms with Crippen molar-refractivity contribution in [3.8, 4) is 11.5 Å². The number of halogens is 1. The lowest BCUT2D eigenvalue weighted by molar-refractivity contribution is -0.139. The summed E-state index contributed by atoms with van der Waals surface area (Å²) in [5.74, 6) is -0.621. The van der Waals surface area contributed by atoms with Gasteiger partial charge in [-0.3, -0.25) is 9.59 Å². The quantitative estimate of drug-likeness (QED) is 0.418. The molecule has 0 spiro atoms. The van der Waals surface area contributed by atoms with Crippen molar-refractivity contribution in [2.45, 2.75) is 40.2 Å². The van der Waals surface area contributed by atoms with Gasteiger partial charge in [-0.1, -0.05) is 18.5 Å². The number of ether oxygens (including phenoxy) is 2. The molecule has 8 heteroatoms. The SMILES string of the molecule is CCCOc1c(Cl)cc(/C=N\NC(=O)C(=O)NC(C)C)cc1OCC. The number of carbonyl (C=O) groups is 2. The molecule has 25 heavy (non-hydrogen) atoms. The summed E-state index contributed by atoms with van der Waals surface area (Å²) in [6, 6.07) is 3.20. The normalized spacial score (nSPS) is 10.8. The minimum absolute atomic E-state index is 0.134. The van der Waals surface area contributed by atoms with Crippen molar-refractivity contribution < 1.29 is 19.1 Å². The number of nitrogens with zero attached hydrogens (tertiary/aromatic N) is 1. The second-order valence-corrected chi connectivity index (χ2v) is 5.85. The zero-order valence-electron chi connectivity index (χ0n) is 14.9. The third kappa shape index (κ3) is 7.01. The third-order valence-corrected chi connectivity index (χ3v) is 3.07. The van der Waals surface area contributed by atoms with Crippen molar-refractivity contribution in [3.05, 3.63) is 22.7 Å². The molecule has 0 saturated heterocycles. The van der Waals surface area contributed by atoms with Crippen LogP contribution in [0.2, 0.25) is 5.02 Å². The summed E-state index contributed by atoms with van der Waals surface area (Å²) in [6.07, 6.45) is 2.22. The maximum absolute atomic E-state index is 11.6. The van der Waals surface area contributed by atoms with Crippen molar-refractivity contribution in [2.75, 3.05) is 13.2 Å². The van der Waals surface area contributed by atoms with Crippen LogP contribution in [0.15, 0.2) is 17.2 Å². The van der Waals surface area contributed by atoms with E-state index in [2.05, 4.69) is 15.8 Å².